The predicted molar refractivity (Wildman–Crippen MR) is 73.8 cm³/mol. The Labute approximate surface area is 111 Å². The Hall–Kier alpha value is -0.210. The lowest BCUT2D eigenvalue weighted by molar-refractivity contribution is 0.187. The molecule has 0 rings (SSSR count). The highest BCUT2D eigenvalue weighted by Gasteiger charge is 2.19. The zero-order chi connectivity index (χ0) is 14.0. The lowest BCUT2D eigenvalue weighted by Crippen LogP contribution is -2.43. The van der Waals surface area contributed by atoms with E-state index in [1.807, 2.05) is 13.8 Å². The van der Waals surface area contributed by atoms with Crippen molar-refractivity contribution in [2.24, 2.45) is 0 Å². The molecule has 18 heavy (non-hydrogen) atoms. The van der Waals surface area contributed by atoms with Gasteiger partial charge in [-0.3, -0.25) is 0 Å². The Morgan fingerprint density at radius 2 is 2.06 bits per heavy atom. The minimum Gasteiger partial charge on any atom is -0.385 e. The van der Waals surface area contributed by atoms with Crippen molar-refractivity contribution < 1.29 is 13.2 Å². The first-order chi connectivity index (χ1) is 8.44. The van der Waals surface area contributed by atoms with Gasteiger partial charge in [0.25, 0.3) is 10.2 Å². The molecule has 0 radical (unpaired) electrons. The van der Waals surface area contributed by atoms with E-state index in [1.165, 1.54) is 4.31 Å². The Morgan fingerprint density at radius 1 is 1.39 bits per heavy atom. The molecule has 2 N–H and O–H groups in total. The highest BCUT2D eigenvalue weighted by molar-refractivity contribution is 7.87. The van der Waals surface area contributed by atoms with E-state index in [0.717, 1.165) is 19.5 Å². The van der Waals surface area contributed by atoms with Crippen molar-refractivity contribution in [2.75, 3.05) is 40.4 Å². The molecule has 110 valence electrons. The van der Waals surface area contributed by atoms with E-state index < -0.39 is 10.2 Å². The molecule has 0 aromatic heterocycles. The van der Waals surface area contributed by atoms with E-state index >= 15 is 0 Å². The summed E-state index contributed by atoms with van der Waals surface area (Å²) in [7, 11) is -0.177. The molecule has 0 aliphatic heterocycles. The zero-order valence-corrected chi connectivity index (χ0v) is 12.7. The van der Waals surface area contributed by atoms with E-state index in [4.69, 9.17) is 4.74 Å². The summed E-state index contributed by atoms with van der Waals surface area (Å²) in [4.78, 5) is 0. The molecule has 0 spiro atoms. The molecule has 1 unspecified atom stereocenters. The van der Waals surface area contributed by atoms with Gasteiger partial charge in [0.2, 0.25) is 0 Å². The number of nitrogens with zero attached hydrogens (tertiary/aromatic N) is 1. The van der Waals surface area contributed by atoms with Gasteiger partial charge in [-0.1, -0.05) is 6.92 Å². The van der Waals surface area contributed by atoms with Gasteiger partial charge in [0.15, 0.2) is 0 Å². The molecule has 0 fully saturated rings. The molecule has 7 heteroatoms. The fraction of sp³-hybridized carbons (Fsp3) is 1.00. The van der Waals surface area contributed by atoms with Crippen LogP contribution >= 0.6 is 0 Å². The minimum atomic E-state index is -3.38. The van der Waals surface area contributed by atoms with Crippen molar-refractivity contribution in [3.63, 3.8) is 0 Å². The molecule has 0 aromatic carbocycles. The molecule has 0 aliphatic carbocycles. The second-order valence-corrected chi connectivity index (χ2v) is 6.14. The van der Waals surface area contributed by atoms with E-state index in [0.29, 0.717) is 19.6 Å². The van der Waals surface area contributed by atoms with Gasteiger partial charge in [0.1, 0.15) is 0 Å². The topological polar surface area (TPSA) is 70.7 Å². The van der Waals surface area contributed by atoms with Crippen molar-refractivity contribution in [3.8, 4) is 0 Å². The van der Waals surface area contributed by atoms with Gasteiger partial charge in [-0.15, -0.1) is 0 Å². The van der Waals surface area contributed by atoms with Crippen LogP contribution in [0.4, 0.5) is 0 Å². The van der Waals surface area contributed by atoms with Crippen LogP contribution in [0.3, 0.4) is 0 Å². The third kappa shape index (κ3) is 7.99. The monoisotopic (exact) mass is 281 g/mol. The fourth-order valence-corrected chi connectivity index (χ4v) is 2.60. The second kappa shape index (κ2) is 9.69. The third-order valence-electron chi connectivity index (χ3n) is 2.59. The first-order valence-corrected chi connectivity index (χ1v) is 7.81. The molecule has 0 saturated heterocycles. The Kier molecular flexibility index (Phi) is 9.57. The molecule has 0 saturated carbocycles. The third-order valence-corrected chi connectivity index (χ3v) is 4.30. The van der Waals surface area contributed by atoms with Gasteiger partial charge in [-0.25, -0.2) is 0 Å². The van der Waals surface area contributed by atoms with E-state index in [-0.39, 0.29) is 6.04 Å². The summed E-state index contributed by atoms with van der Waals surface area (Å²) in [5, 5.41) is 3.17. The summed E-state index contributed by atoms with van der Waals surface area (Å²) in [5.41, 5.74) is 0. The van der Waals surface area contributed by atoms with Crippen LogP contribution in [-0.4, -0.2) is 59.2 Å². The molecule has 0 amide bonds. The summed E-state index contributed by atoms with van der Waals surface area (Å²) in [6, 6.07) is -0.119. The van der Waals surface area contributed by atoms with Gasteiger partial charge in [0, 0.05) is 33.4 Å². The Bertz CT molecular complexity index is 296. The standard InChI is InChI=1S/C11H27N3O3S/c1-5-12-8-6-9-14(3)18(15,16)13-11(2)7-10-17-4/h11-13H,5-10H2,1-4H3. The average molecular weight is 281 g/mol. The first-order valence-electron chi connectivity index (χ1n) is 6.37. The van der Waals surface area contributed by atoms with Crippen LogP contribution in [0.25, 0.3) is 0 Å². The Morgan fingerprint density at radius 3 is 2.61 bits per heavy atom. The summed E-state index contributed by atoms with van der Waals surface area (Å²) in [6.07, 6.45) is 1.47. The SMILES string of the molecule is CCNCCCN(C)S(=O)(=O)NC(C)CCOC. The summed E-state index contributed by atoms with van der Waals surface area (Å²) < 4.78 is 32.7. The predicted octanol–water partition coefficient (Wildman–Crippen LogP) is 0.177. The van der Waals surface area contributed by atoms with Gasteiger partial charge < -0.3 is 10.1 Å². The molecule has 0 aromatic rings. The van der Waals surface area contributed by atoms with E-state index in [2.05, 4.69) is 10.0 Å². The molecule has 0 bridgehead atoms. The number of methoxy groups -OCH3 is 1. The Balaban J connectivity index is 4.02. The van der Waals surface area contributed by atoms with Crippen molar-refractivity contribution in [1.29, 1.82) is 0 Å². The van der Waals surface area contributed by atoms with Crippen LogP contribution in [0, 0.1) is 0 Å². The average Bonchev–Trinajstić information content (AvgIpc) is 2.31. The molecule has 1 atom stereocenters. The van der Waals surface area contributed by atoms with Gasteiger partial charge >= 0.3 is 0 Å². The smallest absolute Gasteiger partial charge is 0.279 e. The van der Waals surface area contributed by atoms with Crippen LogP contribution in [0.2, 0.25) is 0 Å². The van der Waals surface area contributed by atoms with Crippen LogP contribution in [0.5, 0.6) is 0 Å². The summed E-state index contributed by atoms with van der Waals surface area (Å²) in [5.74, 6) is 0. The first kappa shape index (κ1) is 17.8. The highest BCUT2D eigenvalue weighted by Crippen LogP contribution is 2.00. The van der Waals surface area contributed by atoms with Crippen LogP contribution < -0.4 is 10.0 Å². The van der Waals surface area contributed by atoms with Crippen molar-refractivity contribution >= 4 is 10.2 Å². The highest BCUT2D eigenvalue weighted by atomic mass is 32.2. The van der Waals surface area contributed by atoms with Crippen LogP contribution in [0.15, 0.2) is 0 Å². The number of hydrogen-bond donors (Lipinski definition) is 2. The van der Waals surface area contributed by atoms with Crippen LogP contribution in [-0.2, 0) is 14.9 Å². The van der Waals surface area contributed by atoms with Gasteiger partial charge in [-0.05, 0) is 32.9 Å². The fourth-order valence-electron chi connectivity index (χ4n) is 1.42. The molecule has 0 aliphatic rings. The molecule has 6 nitrogen and oxygen atoms in total. The van der Waals surface area contributed by atoms with Crippen molar-refractivity contribution in [2.45, 2.75) is 32.7 Å². The quantitative estimate of drug-likeness (QED) is 0.530. The second-order valence-electron chi connectivity index (χ2n) is 4.33. The van der Waals surface area contributed by atoms with Gasteiger partial charge in [0.05, 0.1) is 0 Å². The van der Waals surface area contributed by atoms with Crippen LogP contribution in [0.1, 0.15) is 26.7 Å². The molecular weight excluding hydrogens is 254 g/mol. The van der Waals surface area contributed by atoms with E-state index in [1.54, 1.807) is 14.2 Å². The van der Waals surface area contributed by atoms with Gasteiger partial charge in [-0.2, -0.15) is 17.4 Å². The lowest BCUT2D eigenvalue weighted by Gasteiger charge is -2.21. The maximum Gasteiger partial charge on any atom is 0.279 e. The zero-order valence-electron chi connectivity index (χ0n) is 11.9. The molecular formula is C11H27N3O3S. The summed E-state index contributed by atoms with van der Waals surface area (Å²) >= 11 is 0. The minimum absolute atomic E-state index is 0.119. The lowest BCUT2D eigenvalue weighted by atomic mass is 10.3. The number of hydrogen-bond acceptors (Lipinski definition) is 4. The number of ether oxygens (including phenoxy) is 1. The largest absolute Gasteiger partial charge is 0.385 e. The normalized spacial score (nSPS) is 14.1. The van der Waals surface area contributed by atoms with Crippen molar-refractivity contribution in [1.82, 2.24) is 14.3 Å². The number of nitrogens with one attached hydrogen (secondary N) is 2. The van der Waals surface area contributed by atoms with E-state index in [9.17, 15) is 8.42 Å². The summed E-state index contributed by atoms with van der Waals surface area (Å²) in [6.45, 7) is 6.66. The number of rotatable bonds is 11. The maximum absolute atomic E-state index is 11.9. The maximum atomic E-state index is 11.9. The molecule has 0 heterocycles. The van der Waals surface area contributed by atoms with Crippen molar-refractivity contribution in [3.05, 3.63) is 0 Å².